The molecule has 3 rings (SSSR count). The number of hydrogen-bond acceptors (Lipinski definition) is 3. The maximum absolute atomic E-state index is 12.3. The minimum absolute atomic E-state index is 0.0171. The Labute approximate surface area is 161 Å². The number of fused-ring (bicyclic) bond motifs is 1. The summed E-state index contributed by atoms with van der Waals surface area (Å²) in [6.07, 6.45) is 5.84. The molecule has 2 N–H and O–H groups in total. The normalized spacial score (nSPS) is 17.9. The number of aromatic amines is 1. The summed E-state index contributed by atoms with van der Waals surface area (Å²) in [6, 6.07) is 8.57. The van der Waals surface area contributed by atoms with Gasteiger partial charge in [-0.2, -0.15) is 0 Å². The molecule has 0 aliphatic carbocycles. The van der Waals surface area contributed by atoms with Gasteiger partial charge in [0.15, 0.2) is 0 Å². The monoisotopic (exact) mass is 369 g/mol. The van der Waals surface area contributed by atoms with E-state index < -0.39 is 0 Å². The van der Waals surface area contributed by atoms with Crippen molar-refractivity contribution in [3.8, 4) is 0 Å². The van der Waals surface area contributed by atoms with Gasteiger partial charge in [0.2, 0.25) is 5.91 Å². The van der Waals surface area contributed by atoms with Crippen molar-refractivity contribution in [1.82, 2.24) is 15.2 Å². The third kappa shape index (κ3) is 5.19. The molecular weight excluding hydrogens is 338 g/mol. The van der Waals surface area contributed by atoms with E-state index in [9.17, 15) is 9.59 Å². The van der Waals surface area contributed by atoms with Crippen LogP contribution in [0.2, 0.25) is 0 Å². The number of H-pyrrole nitrogens is 1. The van der Waals surface area contributed by atoms with E-state index in [1.807, 2.05) is 31.2 Å². The van der Waals surface area contributed by atoms with Crippen molar-refractivity contribution < 1.29 is 4.79 Å². The van der Waals surface area contributed by atoms with Gasteiger partial charge in [-0.3, -0.25) is 14.5 Å². The van der Waals surface area contributed by atoms with E-state index in [1.54, 1.807) is 0 Å². The Bertz CT molecular complexity index is 843. The Kier molecular flexibility index (Phi) is 6.67. The molecule has 1 fully saturated rings. The van der Waals surface area contributed by atoms with Crippen LogP contribution in [0.5, 0.6) is 0 Å². The zero-order valence-electron chi connectivity index (χ0n) is 16.5. The third-order valence-corrected chi connectivity index (χ3v) is 5.64. The van der Waals surface area contributed by atoms with Gasteiger partial charge in [-0.15, -0.1) is 0 Å². The van der Waals surface area contributed by atoms with Gasteiger partial charge in [0.1, 0.15) is 0 Å². The molecule has 1 amide bonds. The van der Waals surface area contributed by atoms with Crippen LogP contribution in [-0.2, 0) is 11.2 Å². The van der Waals surface area contributed by atoms with Gasteiger partial charge in [0.25, 0.3) is 5.56 Å². The van der Waals surface area contributed by atoms with Crippen molar-refractivity contribution in [1.29, 1.82) is 0 Å². The van der Waals surface area contributed by atoms with Crippen molar-refractivity contribution in [2.75, 3.05) is 19.6 Å². The van der Waals surface area contributed by atoms with Crippen LogP contribution in [0.1, 0.15) is 50.2 Å². The zero-order chi connectivity index (χ0) is 19.2. The maximum atomic E-state index is 12.3. The average molecular weight is 370 g/mol. The largest absolute Gasteiger partial charge is 0.355 e. The lowest BCUT2D eigenvalue weighted by molar-refractivity contribution is -0.121. The summed E-state index contributed by atoms with van der Waals surface area (Å²) in [5.41, 5.74) is 2.54. The summed E-state index contributed by atoms with van der Waals surface area (Å²) in [5, 5.41) is 4.02. The minimum atomic E-state index is -0.0972. The fraction of sp³-hybridized carbons (Fsp3) is 0.545. The minimum Gasteiger partial charge on any atom is -0.355 e. The van der Waals surface area contributed by atoms with E-state index in [0.717, 1.165) is 29.6 Å². The predicted octanol–water partition coefficient (Wildman–Crippen LogP) is 3.15. The van der Waals surface area contributed by atoms with Crippen LogP contribution in [0.15, 0.2) is 29.1 Å². The second-order valence-electron chi connectivity index (χ2n) is 7.66. The molecule has 27 heavy (non-hydrogen) atoms. The third-order valence-electron chi connectivity index (χ3n) is 5.64. The van der Waals surface area contributed by atoms with Crippen molar-refractivity contribution in [3.05, 3.63) is 45.7 Å². The lowest BCUT2D eigenvalue weighted by Gasteiger charge is -2.35. The smallest absolute Gasteiger partial charge is 0.251 e. The number of carbonyl (C=O) groups excluding carboxylic acids is 1. The Morgan fingerprint density at radius 3 is 2.96 bits per heavy atom. The number of nitrogens with zero attached hydrogens (tertiary/aromatic N) is 1. The highest BCUT2D eigenvalue weighted by molar-refractivity contribution is 5.80. The lowest BCUT2D eigenvalue weighted by Crippen LogP contribution is -2.43. The fourth-order valence-electron chi connectivity index (χ4n) is 4.04. The van der Waals surface area contributed by atoms with Crippen LogP contribution in [-0.4, -0.2) is 41.5 Å². The molecular formula is C22H31N3O2. The van der Waals surface area contributed by atoms with E-state index in [0.29, 0.717) is 31.0 Å². The molecule has 2 aromatic rings. The van der Waals surface area contributed by atoms with Crippen LogP contribution in [0.25, 0.3) is 10.9 Å². The van der Waals surface area contributed by atoms with Crippen LogP contribution in [0.4, 0.5) is 0 Å². The van der Waals surface area contributed by atoms with Crippen molar-refractivity contribution >= 4 is 16.8 Å². The molecule has 1 aromatic heterocycles. The number of aromatic nitrogens is 1. The fourth-order valence-corrected chi connectivity index (χ4v) is 4.04. The number of nitrogens with one attached hydrogen (secondary N) is 2. The van der Waals surface area contributed by atoms with Crippen molar-refractivity contribution in [2.45, 2.75) is 58.4 Å². The van der Waals surface area contributed by atoms with Crippen molar-refractivity contribution in [3.63, 3.8) is 0 Å². The first-order chi connectivity index (χ1) is 13.1. The molecule has 146 valence electrons. The molecule has 1 aliphatic rings. The number of rotatable bonds is 7. The van der Waals surface area contributed by atoms with Crippen LogP contribution < -0.4 is 10.9 Å². The Morgan fingerprint density at radius 2 is 2.15 bits per heavy atom. The summed E-state index contributed by atoms with van der Waals surface area (Å²) < 4.78 is 0. The average Bonchev–Trinajstić information content (AvgIpc) is 2.66. The predicted molar refractivity (Wildman–Crippen MR) is 110 cm³/mol. The molecule has 0 saturated carbocycles. The summed E-state index contributed by atoms with van der Waals surface area (Å²) in [4.78, 5) is 29.9. The maximum Gasteiger partial charge on any atom is 0.251 e. The molecule has 1 aliphatic heterocycles. The van der Waals surface area contributed by atoms with Gasteiger partial charge in [-0.25, -0.2) is 0 Å². The molecule has 0 spiro atoms. The molecule has 1 saturated heterocycles. The number of aryl methyl sites for hydroxylation is 2. The summed E-state index contributed by atoms with van der Waals surface area (Å²) >= 11 is 0. The van der Waals surface area contributed by atoms with Gasteiger partial charge in [0, 0.05) is 36.6 Å². The number of amides is 1. The highest BCUT2D eigenvalue weighted by atomic mass is 16.1. The van der Waals surface area contributed by atoms with E-state index >= 15 is 0 Å². The van der Waals surface area contributed by atoms with E-state index in [-0.39, 0.29) is 11.5 Å². The second kappa shape index (κ2) is 9.18. The van der Waals surface area contributed by atoms with Gasteiger partial charge in [-0.1, -0.05) is 25.5 Å². The molecule has 5 heteroatoms. The number of hydrogen-bond donors (Lipinski definition) is 2. The highest BCUT2D eigenvalue weighted by Crippen LogP contribution is 2.18. The van der Waals surface area contributed by atoms with Crippen molar-refractivity contribution in [2.24, 2.45) is 0 Å². The Morgan fingerprint density at radius 1 is 1.30 bits per heavy atom. The van der Waals surface area contributed by atoms with Crippen LogP contribution in [0, 0.1) is 6.92 Å². The van der Waals surface area contributed by atoms with Crippen LogP contribution in [0.3, 0.4) is 0 Å². The Balaban J connectivity index is 1.49. The highest BCUT2D eigenvalue weighted by Gasteiger charge is 2.20. The van der Waals surface area contributed by atoms with E-state index in [4.69, 9.17) is 0 Å². The van der Waals surface area contributed by atoms with E-state index in [1.165, 1.54) is 25.7 Å². The van der Waals surface area contributed by atoms with Gasteiger partial charge >= 0.3 is 0 Å². The molecule has 0 radical (unpaired) electrons. The van der Waals surface area contributed by atoms with Gasteiger partial charge in [0.05, 0.1) is 0 Å². The van der Waals surface area contributed by atoms with E-state index in [2.05, 4.69) is 22.1 Å². The molecule has 2 heterocycles. The van der Waals surface area contributed by atoms with Crippen LogP contribution >= 0.6 is 0 Å². The number of pyridine rings is 1. The number of benzene rings is 1. The molecule has 5 nitrogen and oxygen atoms in total. The second-order valence-corrected chi connectivity index (χ2v) is 7.66. The SMILES string of the molecule is CC[C@H]1CCCCN1CCNC(=O)CCc1cc2ccc(C)cc2[nH]c1=O. The summed E-state index contributed by atoms with van der Waals surface area (Å²) in [6.45, 7) is 6.98. The standard InChI is InChI=1S/C22H31N3O2/c1-3-19-6-4-5-12-25(19)13-11-23-21(26)10-9-18-15-17-8-7-16(2)14-20(17)24-22(18)27/h7-8,14-15,19H,3-6,9-13H2,1-2H3,(H,23,26)(H,24,27)/t19-/m0/s1. The Hall–Kier alpha value is -2.14. The first-order valence-electron chi connectivity index (χ1n) is 10.2. The van der Waals surface area contributed by atoms with Gasteiger partial charge < -0.3 is 10.3 Å². The lowest BCUT2D eigenvalue weighted by atomic mass is 10.0. The first kappa shape index (κ1) is 19.6. The topological polar surface area (TPSA) is 65.2 Å². The molecule has 1 aromatic carbocycles. The summed E-state index contributed by atoms with van der Waals surface area (Å²) in [7, 11) is 0. The van der Waals surface area contributed by atoms with Gasteiger partial charge in [-0.05, 0) is 62.2 Å². The molecule has 1 atom stereocenters. The number of piperidine rings is 1. The zero-order valence-corrected chi connectivity index (χ0v) is 16.5. The quantitative estimate of drug-likeness (QED) is 0.788. The summed E-state index contributed by atoms with van der Waals surface area (Å²) in [5.74, 6) is 0.0171. The first-order valence-corrected chi connectivity index (χ1v) is 10.2. The molecule has 0 unspecified atom stereocenters. The number of likely N-dealkylation sites (tertiary alicyclic amines) is 1. The molecule has 0 bridgehead atoms. The number of carbonyl (C=O) groups is 1.